The van der Waals surface area contributed by atoms with Gasteiger partial charge in [-0.15, -0.1) is 0 Å². The SMILES string of the molecule is CCc1cc2cc(-c3nc(-c4ccc5oc(C(N)(CO)CO)cc5c4)no3)ccc2o1. The van der Waals surface area contributed by atoms with Crippen LogP contribution in [0.4, 0.5) is 0 Å². The lowest BCUT2D eigenvalue weighted by Crippen LogP contribution is -2.43. The lowest BCUT2D eigenvalue weighted by atomic mass is 10.00. The number of nitrogens with two attached hydrogens (primary N) is 1. The Morgan fingerprint density at radius 2 is 1.58 bits per heavy atom. The predicted molar refractivity (Wildman–Crippen MR) is 114 cm³/mol. The molecule has 0 fully saturated rings. The van der Waals surface area contributed by atoms with Gasteiger partial charge in [0.2, 0.25) is 5.82 Å². The maximum atomic E-state index is 9.51. The zero-order valence-electron chi connectivity index (χ0n) is 16.8. The molecule has 0 bridgehead atoms. The molecule has 8 nitrogen and oxygen atoms in total. The van der Waals surface area contributed by atoms with Crippen molar-refractivity contribution < 1.29 is 23.6 Å². The fourth-order valence-corrected chi connectivity index (χ4v) is 3.50. The van der Waals surface area contributed by atoms with Crippen molar-refractivity contribution >= 4 is 21.9 Å². The van der Waals surface area contributed by atoms with Gasteiger partial charge in [0.1, 0.15) is 28.2 Å². The van der Waals surface area contributed by atoms with Crippen LogP contribution < -0.4 is 5.73 Å². The van der Waals surface area contributed by atoms with Gasteiger partial charge in [0.05, 0.1) is 13.2 Å². The first-order valence-electron chi connectivity index (χ1n) is 9.94. The smallest absolute Gasteiger partial charge is 0.258 e. The second kappa shape index (κ2) is 7.35. The lowest BCUT2D eigenvalue weighted by Gasteiger charge is -2.21. The maximum Gasteiger partial charge on any atom is 0.258 e. The van der Waals surface area contributed by atoms with Gasteiger partial charge in [-0.2, -0.15) is 4.98 Å². The van der Waals surface area contributed by atoms with Crippen molar-refractivity contribution in [3.05, 3.63) is 60.1 Å². The van der Waals surface area contributed by atoms with E-state index in [2.05, 4.69) is 10.1 Å². The molecule has 0 aliphatic carbocycles. The molecule has 0 saturated carbocycles. The van der Waals surface area contributed by atoms with Gasteiger partial charge >= 0.3 is 0 Å². The van der Waals surface area contributed by atoms with E-state index in [-0.39, 0.29) is 0 Å². The Labute approximate surface area is 176 Å². The summed E-state index contributed by atoms with van der Waals surface area (Å²) in [6.07, 6.45) is 0.828. The molecule has 0 radical (unpaired) electrons. The first-order chi connectivity index (χ1) is 15.0. The number of aliphatic hydroxyl groups is 2. The minimum absolute atomic E-state index is 0.304. The third kappa shape index (κ3) is 3.31. The third-order valence-corrected chi connectivity index (χ3v) is 5.42. The van der Waals surface area contributed by atoms with Gasteiger partial charge in [-0.25, -0.2) is 0 Å². The van der Waals surface area contributed by atoms with E-state index in [1.165, 1.54) is 0 Å². The fourth-order valence-electron chi connectivity index (χ4n) is 3.50. The summed E-state index contributed by atoms with van der Waals surface area (Å²) in [6.45, 7) is 1.17. The Morgan fingerprint density at radius 3 is 2.32 bits per heavy atom. The molecule has 31 heavy (non-hydrogen) atoms. The van der Waals surface area contributed by atoms with E-state index < -0.39 is 18.8 Å². The Balaban J connectivity index is 1.49. The average Bonchev–Trinajstić information content (AvgIpc) is 3.54. The molecule has 0 spiro atoms. The lowest BCUT2D eigenvalue weighted by molar-refractivity contribution is 0.105. The molecule has 2 aromatic carbocycles. The monoisotopic (exact) mass is 419 g/mol. The first-order valence-corrected chi connectivity index (χ1v) is 9.94. The summed E-state index contributed by atoms with van der Waals surface area (Å²) in [4.78, 5) is 4.54. The highest BCUT2D eigenvalue weighted by atomic mass is 16.5. The molecule has 0 saturated heterocycles. The predicted octanol–water partition coefficient (Wildman–Crippen LogP) is 3.60. The van der Waals surface area contributed by atoms with Crippen LogP contribution >= 0.6 is 0 Å². The van der Waals surface area contributed by atoms with Crippen LogP contribution in [0.3, 0.4) is 0 Å². The van der Waals surface area contributed by atoms with E-state index >= 15 is 0 Å². The van der Waals surface area contributed by atoms with Gasteiger partial charge < -0.3 is 29.3 Å². The minimum atomic E-state index is -1.35. The molecule has 0 aliphatic heterocycles. The van der Waals surface area contributed by atoms with Crippen molar-refractivity contribution in [2.24, 2.45) is 5.73 Å². The summed E-state index contributed by atoms with van der Waals surface area (Å²) in [7, 11) is 0. The Hall–Kier alpha value is -3.46. The summed E-state index contributed by atoms with van der Waals surface area (Å²) in [5.41, 5.74) is 7.61. The molecule has 158 valence electrons. The Kier molecular flexibility index (Phi) is 4.62. The number of aryl methyl sites for hydroxylation is 1. The number of benzene rings is 2. The normalized spacial score (nSPS) is 12.3. The van der Waals surface area contributed by atoms with Crippen molar-refractivity contribution in [2.45, 2.75) is 18.9 Å². The van der Waals surface area contributed by atoms with Gasteiger partial charge in [-0.1, -0.05) is 12.1 Å². The van der Waals surface area contributed by atoms with Crippen LogP contribution in [0.1, 0.15) is 18.4 Å². The largest absolute Gasteiger partial charge is 0.461 e. The van der Waals surface area contributed by atoms with E-state index in [1.54, 1.807) is 12.1 Å². The summed E-state index contributed by atoms with van der Waals surface area (Å²) >= 11 is 0. The fraction of sp³-hybridized carbons (Fsp3) is 0.217. The van der Waals surface area contributed by atoms with Crippen LogP contribution in [-0.2, 0) is 12.0 Å². The highest BCUT2D eigenvalue weighted by Crippen LogP contribution is 2.31. The highest BCUT2D eigenvalue weighted by molar-refractivity contribution is 5.84. The quantitative estimate of drug-likeness (QED) is 0.380. The Morgan fingerprint density at radius 1 is 0.903 bits per heavy atom. The molecule has 0 amide bonds. The molecule has 5 aromatic rings. The third-order valence-electron chi connectivity index (χ3n) is 5.42. The van der Waals surface area contributed by atoms with Crippen molar-refractivity contribution in [1.82, 2.24) is 10.1 Å². The number of hydrogen-bond acceptors (Lipinski definition) is 8. The van der Waals surface area contributed by atoms with Gasteiger partial charge in [0.25, 0.3) is 5.89 Å². The molecule has 0 atom stereocenters. The molecular weight excluding hydrogens is 398 g/mol. The minimum Gasteiger partial charge on any atom is -0.461 e. The second-order valence-corrected chi connectivity index (χ2v) is 7.58. The van der Waals surface area contributed by atoms with Crippen molar-refractivity contribution in [2.75, 3.05) is 13.2 Å². The number of rotatable bonds is 6. The van der Waals surface area contributed by atoms with Crippen molar-refractivity contribution in [1.29, 1.82) is 0 Å². The summed E-state index contributed by atoms with van der Waals surface area (Å²) < 4.78 is 17.0. The highest BCUT2D eigenvalue weighted by Gasteiger charge is 2.30. The first kappa shape index (κ1) is 19.5. The molecule has 4 N–H and O–H groups in total. The van der Waals surface area contributed by atoms with Gasteiger partial charge in [0.15, 0.2) is 0 Å². The zero-order valence-corrected chi connectivity index (χ0v) is 16.8. The molecular formula is C23H21N3O5. The molecule has 8 heteroatoms. The second-order valence-electron chi connectivity index (χ2n) is 7.58. The van der Waals surface area contributed by atoms with Crippen LogP contribution in [-0.4, -0.2) is 33.6 Å². The number of nitrogens with zero attached hydrogens (tertiary/aromatic N) is 2. The number of aromatic nitrogens is 2. The summed E-state index contributed by atoms with van der Waals surface area (Å²) in [6, 6.07) is 14.9. The van der Waals surface area contributed by atoms with E-state index in [0.717, 1.165) is 39.7 Å². The maximum absolute atomic E-state index is 9.51. The molecule has 0 unspecified atom stereocenters. The average molecular weight is 419 g/mol. The van der Waals surface area contributed by atoms with Gasteiger partial charge in [0, 0.05) is 28.3 Å². The topological polar surface area (TPSA) is 132 Å². The van der Waals surface area contributed by atoms with E-state index in [0.29, 0.717) is 23.1 Å². The van der Waals surface area contributed by atoms with E-state index in [4.69, 9.17) is 19.1 Å². The van der Waals surface area contributed by atoms with Crippen LogP contribution in [0.25, 0.3) is 44.8 Å². The number of hydrogen-bond donors (Lipinski definition) is 3. The Bertz CT molecular complexity index is 1380. The van der Waals surface area contributed by atoms with Crippen LogP contribution in [0.2, 0.25) is 0 Å². The van der Waals surface area contributed by atoms with Crippen LogP contribution in [0.5, 0.6) is 0 Å². The van der Waals surface area contributed by atoms with Crippen molar-refractivity contribution in [3.8, 4) is 22.8 Å². The number of furan rings is 2. The van der Waals surface area contributed by atoms with Crippen LogP contribution in [0, 0.1) is 0 Å². The summed E-state index contributed by atoms with van der Waals surface area (Å²) in [5.74, 6) is 2.07. The van der Waals surface area contributed by atoms with E-state index in [9.17, 15) is 10.2 Å². The molecule has 3 aromatic heterocycles. The van der Waals surface area contributed by atoms with E-state index in [1.807, 2.05) is 43.3 Å². The number of fused-ring (bicyclic) bond motifs is 2. The standard InChI is InChI=1S/C23H21N3O5/c1-2-17-9-15-8-14(4-6-18(15)29-17)22-25-21(26-31-22)13-3-5-19-16(7-13)10-20(30-19)23(24,11-27)12-28/h3-10,27-28H,2,11-12,24H2,1H3. The molecule has 5 rings (SSSR count). The van der Waals surface area contributed by atoms with Crippen molar-refractivity contribution in [3.63, 3.8) is 0 Å². The zero-order chi connectivity index (χ0) is 21.6. The van der Waals surface area contributed by atoms with Crippen LogP contribution in [0.15, 0.2) is 61.9 Å². The van der Waals surface area contributed by atoms with Gasteiger partial charge in [-0.3, -0.25) is 0 Å². The van der Waals surface area contributed by atoms with Gasteiger partial charge in [-0.05, 0) is 48.5 Å². The molecule has 3 heterocycles. The number of aliphatic hydroxyl groups excluding tert-OH is 2. The molecule has 0 aliphatic rings. The summed E-state index contributed by atoms with van der Waals surface area (Å²) in [5, 5.41) is 24.9.